The van der Waals surface area contributed by atoms with Crippen molar-refractivity contribution in [2.45, 2.75) is 0 Å². The molecule has 0 unspecified atom stereocenters. The fourth-order valence-corrected chi connectivity index (χ4v) is 2.91. The minimum absolute atomic E-state index is 0.0469. The fourth-order valence-electron chi connectivity index (χ4n) is 2.75. The smallest absolute Gasteiger partial charge is 0.256 e. The quantitative estimate of drug-likeness (QED) is 0.821. The van der Waals surface area contributed by atoms with Crippen LogP contribution < -0.4 is 0 Å². The van der Waals surface area contributed by atoms with E-state index in [-0.39, 0.29) is 35.1 Å². The van der Waals surface area contributed by atoms with Gasteiger partial charge in [-0.3, -0.25) is 9.59 Å². The number of hydrogen-bond acceptors (Lipinski definition) is 2. The van der Waals surface area contributed by atoms with E-state index in [9.17, 15) is 18.4 Å². The maximum Gasteiger partial charge on any atom is 0.256 e. The lowest BCUT2D eigenvalue weighted by molar-refractivity contribution is 0.0532. The third kappa shape index (κ3) is 3.79. The molecular weight excluding hydrogens is 350 g/mol. The monoisotopic (exact) mass is 364 g/mol. The minimum Gasteiger partial charge on any atom is -0.335 e. The van der Waals surface area contributed by atoms with E-state index in [4.69, 9.17) is 11.6 Å². The molecule has 0 spiro atoms. The molecule has 1 heterocycles. The van der Waals surface area contributed by atoms with Gasteiger partial charge in [0.05, 0.1) is 5.56 Å². The molecule has 2 amide bonds. The van der Waals surface area contributed by atoms with Crippen LogP contribution in [0.25, 0.3) is 0 Å². The first-order valence-corrected chi connectivity index (χ1v) is 8.12. The van der Waals surface area contributed by atoms with Gasteiger partial charge in [-0.1, -0.05) is 17.7 Å². The number of nitrogens with zero attached hydrogens (tertiary/aromatic N) is 2. The Hall–Kier alpha value is -2.47. The Balaban J connectivity index is 1.65. The summed E-state index contributed by atoms with van der Waals surface area (Å²) >= 11 is 5.69. The van der Waals surface area contributed by atoms with Crippen molar-refractivity contribution in [3.8, 4) is 0 Å². The maximum atomic E-state index is 13.9. The lowest BCUT2D eigenvalue weighted by Gasteiger charge is -2.35. The zero-order chi connectivity index (χ0) is 18.0. The molecule has 1 aliphatic rings. The highest BCUT2D eigenvalue weighted by Crippen LogP contribution is 2.18. The molecule has 25 heavy (non-hydrogen) atoms. The molecule has 0 N–H and O–H groups in total. The van der Waals surface area contributed by atoms with Crippen molar-refractivity contribution < 1.29 is 18.4 Å². The molecule has 0 atom stereocenters. The van der Waals surface area contributed by atoms with Crippen molar-refractivity contribution in [1.82, 2.24) is 9.80 Å². The van der Waals surface area contributed by atoms with Crippen LogP contribution in [0.4, 0.5) is 8.78 Å². The number of benzene rings is 2. The molecule has 2 aromatic rings. The third-order valence-electron chi connectivity index (χ3n) is 4.09. The van der Waals surface area contributed by atoms with Gasteiger partial charge in [-0.2, -0.15) is 0 Å². The van der Waals surface area contributed by atoms with Gasteiger partial charge in [-0.05, 0) is 36.4 Å². The Labute approximate surface area is 148 Å². The number of rotatable bonds is 2. The molecule has 1 aliphatic heterocycles. The normalized spacial score (nSPS) is 14.5. The molecule has 1 fully saturated rings. The number of carbonyl (C=O) groups excluding carboxylic acids is 2. The third-order valence-corrected chi connectivity index (χ3v) is 4.32. The number of carbonyl (C=O) groups is 2. The molecule has 0 saturated carbocycles. The van der Waals surface area contributed by atoms with Gasteiger partial charge in [0.15, 0.2) is 0 Å². The van der Waals surface area contributed by atoms with Gasteiger partial charge in [0, 0.05) is 36.8 Å². The Morgan fingerprint density at radius 1 is 0.880 bits per heavy atom. The van der Waals surface area contributed by atoms with Crippen LogP contribution in [0.15, 0.2) is 42.5 Å². The summed E-state index contributed by atoms with van der Waals surface area (Å²) in [4.78, 5) is 27.8. The first kappa shape index (κ1) is 17.4. The summed E-state index contributed by atoms with van der Waals surface area (Å²) in [6.45, 7) is 1.16. The van der Waals surface area contributed by atoms with Gasteiger partial charge < -0.3 is 9.80 Å². The van der Waals surface area contributed by atoms with E-state index in [0.29, 0.717) is 13.1 Å². The van der Waals surface area contributed by atoms with Crippen LogP contribution in [-0.2, 0) is 0 Å². The van der Waals surface area contributed by atoms with Crippen LogP contribution in [0.3, 0.4) is 0 Å². The lowest BCUT2D eigenvalue weighted by Crippen LogP contribution is -2.50. The SMILES string of the molecule is O=C(c1cccc(F)c1)N1CCN(C(=O)c2ccc(Cl)cc2F)CC1. The van der Waals surface area contributed by atoms with Crippen LogP contribution in [0, 0.1) is 11.6 Å². The zero-order valence-electron chi connectivity index (χ0n) is 13.2. The first-order chi connectivity index (χ1) is 12.0. The Morgan fingerprint density at radius 3 is 2.12 bits per heavy atom. The van der Waals surface area contributed by atoms with Crippen LogP contribution in [0.2, 0.25) is 5.02 Å². The summed E-state index contributed by atoms with van der Waals surface area (Å²) < 4.78 is 27.1. The molecule has 0 aliphatic carbocycles. The van der Waals surface area contributed by atoms with E-state index in [1.807, 2.05) is 0 Å². The van der Waals surface area contributed by atoms with E-state index < -0.39 is 17.5 Å². The van der Waals surface area contributed by atoms with E-state index in [1.165, 1.54) is 35.2 Å². The van der Waals surface area contributed by atoms with Crippen molar-refractivity contribution in [2.75, 3.05) is 26.2 Å². The summed E-state index contributed by atoms with van der Waals surface area (Å²) in [5.41, 5.74) is 0.220. The van der Waals surface area contributed by atoms with Gasteiger partial charge in [-0.15, -0.1) is 0 Å². The van der Waals surface area contributed by atoms with Crippen LogP contribution >= 0.6 is 11.6 Å². The second-order valence-corrected chi connectivity index (χ2v) is 6.16. The van der Waals surface area contributed by atoms with Crippen LogP contribution in [0.5, 0.6) is 0 Å². The van der Waals surface area contributed by atoms with Gasteiger partial charge in [0.1, 0.15) is 11.6 Å². The molecule has 2 aromatic carbocycles. The van der Waals surface area contributed by atoms with Crippen molar-refractivity contribution >= 4 is 23.4 Å². The molecule has 1 saturated heterocycles. The van der Waals surface area contributed by atoms with E-state index in [0.717, 1.165) is 6.07 Å². The van der Waals surface area contributed by atoms with E-state index in [1.54, 1.807) is 11.0 Å². The second-order valence-electron chi connectivity index (χ2n) is 5.72. The fraction of sp³-hybridized carbons (Fsp3) is 0.222. The summed E-state index contributed by atoms with van der Waals surface area (Å²) in [5, 5.41) is 0.222. The number of piperazine rings is 1. The molecule has 3 rings (SSSR count). The van der Waals surface area contributed by atoms with Gasteiger partial charge >= 0.3 is 0 Å². The first-order valence-electron chi connectivity index (χ1n) is 7.75. The summed E-state index contributed by atoms with van der Waals surface area (Å²) in [6, 6.07) is 9.39. The van der Waals surface area contributed by atoms with Gasteiger partial charge in [-0.25, -0.2) is 8.78 Å². The topological polar surface area (TPSA) is 40.6 Å². The second kappa shape index (κ2) is 7.19. The van der Waals surface area contributed by atoms with Crippen molar-refractivity contribution in [3.63, 3.8) is 0 Å². The highest BCUT2D eigenvalue weighted by Gasteiger charge is 2.27. The molecule has 0 aromatic heterocycles. The highest BCUT2D eigenvalue weighted by molar-refractivity contribution is 6.30. The van der Waals surface area contributed by atoms with E-state index in [2.05, 4.69) is 0 Å². The molecule has 7 heteroatoms. The number of hydrogen-bond donors (Lipinski definition) is 0. The predicted octanol–water partition coefficient (Wildman–Crippen LogP) is 3.22. The Kier molecular flexibility index (Phi) is 4.99. The van der Waals surface area contributed by atoms with Crippen molar-refractivity contribution in [2.24, 2.45) is 0 Å². The molecule has 0 radical (unpaired) electrons. The lowest BCUT2D eigenvalue weighted by atomic mass is 10.1. The average molecular weight is 365 g/mol. The minimum atomic E-state index is -0.671. The summed E-state index contributed by atoms with van der Waals surface area (Å²) in [7, 11) is 0. The molecule has 130 valence electrons. The maximum absolute atomic E-state index is 13.9. The Bertz CT molecular complexity index is 820. The van der Waals surface area contributed by atoms with Crippen molar-refractivity contribution in [3.05, 3.63) is 70.2 Å². The average Bonchev–Trinajstić information content (AvgIpc) is 2.61. The number of halogens is 3. The van der Waals surface area contributed by atoms with Gasteiger partial charge in [0.2, 0.25) is 0 Å². The van der Waals surface area contributed by atoms with Gasteiger partial charge in [0.25, 0.3) is 11.8 Å². The molecule has 0 bridgehead atoms. The number of amides is 2. The van der Waals surface area contributed by atoms with E-state index >= 15 is 0 Å². The van der Waals surface area contributed by atoms with Crippen LogP contribution in [-0.4, -0.2) is 47.8 Å². The summed E-state index contributed by atoms with van der Waals surface area (Å²) in [5.74, 6) is -1.87. The molecule has 4 nitrogen and oxygen atoms in total. The zero-order valence-corrected chi connectivity index (χ0v) is 14.0. The van der Waals surface area contributed by atoms with Crippen molar-refractivity contribution in [1.29, 1.82) is 0 Å². The predicted molar refractivity (Wildman–Crippen MR) is 89.6 cm³/mol. The largest absolute Gasteiger partial charge is 0.335 e. The standard InChI is InChI=1S/C18H15ClF2N2O2/c19-13-4-5-15(16(21)11-13)18(25)23-8-6-22(7-9-23)17(24)12-2-1-3-14(20)10-12/h1-5,10-11H,6-9H2. The summed E-state index contributed by atoms with van der Waals surface area (Å²) in [6.07, 6.45) is 0. The highest BCUT2D eigenvalue weighted by atomic mass is 35.5. The Morgan fingerprint density at radius 2 is 1.52 bits per heavy atom. The molecular formula is C18H15ClF2N2O2. The van der Waals surface area contributed by atoms with Crippen LogP contribution in [0.1, 0.15) is 20.7 Å².